The molecule has 1 fully saturated rings. The highest BCUT2D eigenvalue weighted by molar-refractivity contribution is 5.72. The van der Waals surface area contributed by atoms with Gasteiger partial charge in [-0.3, -0.25) is 10.5 Å². The van der Waals surface area contributed by atoms with E-state index in [2.05, 4.69) is 4.74 Å². The van der Waals surface area contributed by atoms with Crippen LogP contribution in [0, 0.1) is 5.92 Å². The van der Waals surface area contributed by atoms with E-state index in [9.17, 15) is 4.79 Å². The van der Waals surface area contributed by atoms with E-state index in [1.54, 1.807) is 0 Å². The molecule has 0 aliphatic carbocycles. The monoisotopic (exact) mass is 159 g/mol. The molecule has 1 saturated heterocycles. The Labute approximate surface area is 65.7 Å². The fraction of sp³-hybridized carbons (Fsp3) is 0.857. The second kappa shape index (κ2) is 4.31. The third-order valence-corrected chi connectivity index (χ3v) is 1.78. The molecular weight excluding hydrogens is 146 g/mol. The summed E-state index contributed by atoms with van der Waals surface area (Å²) < 4.78 is 9.75. The third-order valence-electron chi connectivity index (χ3n) is 1.78. The molecule has 1 heterocycles. The number of nitrogens with two attached hydrogens (primary N) is 1. The van der Waals surface area contributed by atoms with Crippen LogP contribution in [0.3, 0.4) is 0 Å². The van der Waals surface area contributed by atoms with Gasteiger partial charge in [0, 0.05) is 13.2 Å². The van der Waals surface area contributed by atoms with E-state index in [4.69, 9.17) is 10.5 Å². The van der Waals surface area contributed by atoms with Crippen LogP contribution in [-0.2, 0) is 14.3 Å². The zero-order valence-corrected chi connectivity index (χ0v) is 6.41. The van der Waals surface area contributed by atoms with Gasteiger partial charge in [0.2, 0.25) is 0 Å². The largest absolute Gasteiger partial charge is 0.450 e. The molecule has 1 rings (SSSR count). The first-order valence-electron chi connectivity index (χ1n) is 3.79. The van der Waals surface area contributed by atoms with Gasteiger partial charge in [-0.05, 0) is 12.8 Å². The van der Waals surface area contributed by atoms with Gasteiger partial charge in [-0.25, -0.2) is 0 Å². The number of rotatable bonds is 2. The van der Waals surface area contributed by atoms with Crippen LogP contribution in [0.5, 0.6) is 0 Å². The summed E-state index contributed by atoms with van der Waals surface area (Å²) >= 11 is 0. The Kier molecular flexibility index (Phi) is 3.32. The van der Waals surface area contributed by atoms with Gasteiger partial charge in [-0.15, -0.1) is 0 Å². The Bertz CT molecular complexity index is 132. The minimum absolute atomic E-state index is 0.00676. The van der Waals surface area contributed by atoms with Crippen molar-refractivity contribution >= 4 is 5.97 Å². The fourth-order valence-electron chi connectivity index (χ4n) is 1.13. The zero-order valence-electron chi connectivity index (χ0n) is 6.41. The van der Waals surface area contributed by atoms with Gasteiger partial charge in [0.05, 0.1) is 5.92 Å². The lowest BCUT2D eigenvalue weighted by Gasteiger charge is -2.19. The second-order valence-electron chi connectivity index (χ2n) is 2.52. The molecule has 11 heavy (non-hydrogen) atoms. The van der Waals surface area contributed by atoms with Crippen molar-refractivity contribution in [3.63, 3.8) is 0 Å². The van der Waals surface area contributed by atoms with E-state index < -0.39 is 0 Å². The molecule has 0 unspecified atom stereocenters. The quantitative estimate of drug-likeness (QED) is 0.450. The summed E-state index contributed by atoms with van der Waals surface area (Å²) in [6.45, 7) is 1.30. The number of esters is 1. The van der Waals surface area contributed by atoms with E-state index in [1.165, 1.54) is 0 Å². The fourth-order valence-corrected chi connectivity index (χ4v) is 1.13. The van der Waals surface area contributed by atoms with Crippen molar-refractivity contribution in [2.75, 3.05) is 19.9 Å². The zero-order chi connectivity index (χ0) is 8.10. The third kappa shape index (κ3) is 2.48. The van der Waals surface area contributed by atoms with E-state index in [0.717, 1.165) is 12.8 Å². The highest BCUT2D eigenvalue weighted by Gasteiger charge is 2.22. The maximum atomic E-state index is 11.0. The normalized spacial score (nSPS) is 19.7. The minimum atomic E-state index is -0.184. The van der Waals surface area contributed by atoms with Gasteiger partial charge in [0.1, 0.15) is 6.73 Å². The minimum Gasteiger partial charge on any atom is -0.450 e. The van der Waals surface area contributed by atoms with Gasteiger partial charge in [-0.1, -0.05) is 0 Å². The molecule has 64 valence electrons. The van der Waals surface area contributed by atoms with Gasteiger partial charge in [-0.2, -0.15) is 0 Å². The smallest absolute Gasteiger partial charge is 0.310 e. The molecule has 0 aromatic rings. The Morgan fingerprint density at radius 2 is 2.18 bits per heavy atom. The molecule has 2 N–H and O–H groups in total. The Morgan fingerprint density at radius 1 is 1.55 bits per heavy atom. The summed E-state index contributed by atoms with van der Waals surface area (Å²) in [7, 11) is 0. The molecular formula is C7H13NO3. The average Bonchev–Trinajstić information content (AvgIpc) is 2.07. The lowest BCUT2D eigenvalue weighted by Crippen LogP contribution is -2.26. The van der Waals surface area contributed by atoms with Gasteiger partial charge < -0.3 is 9.47 Å². The van der Waals surface area contributed by atoms with Crippen molar-refractivity contribution < 1.29 is 14.3 Å². The molecule has 0 atom stereocenters. The molecule has 0 bridgehead atoms. The maximum Gasteiger partial charge on any atom is 0.310 e. The molecule has 4 nitrogen and oxygen atoms in total. The van der Waals surface area contributed by atoms with Crippen LogP contribution in [0.4, 0.5) is 0 Å². The van der Waals surface area contributed by atoms with Crippen LogP contribution in [0.2, 0.25) is 0 Å². The first kappa shape index (κ1) is 8.49. The van der Waals surface area contributed by atoms with Crippen molar-refractivity contribution in [1.82, 2.24) is 0 Å². The Morgan fingerprint density at radius 3 is 2.73 bits per heavy atom. The summed E-state index contributed by atoms with van der Waals surface area (Å²) in [6.07, 6.45) is 1.53. The number of carbonyl (C=O) groups excluding carboxylic acids is 1. The highest BCUT2D eigenvalue weighted by Crippen LogP contribution is 2.15. The average molecular weight is 159 g/mol. The molecule has 0 amide bonds. The first-order chi connectivity index (χ1) is 5.34. The van der Waals surface area contributed by atoms with Crippen molar-refractivity contribution in [1.29, 1.82) is 0 Å². The summed E-state index contributed by atoms with van der Waals surface area (Å²) in [5.41, 5.74) is 5.06. The molecule has 1 aliphatic heterocycles. The molecule has 4 heteroatoms. The standard InChI is InChI=1S/C7H13NO3/c8-5-11-7(9)6-1-3-10-4-2-6/h6H,1-5,8H2. The molecule has 0 radical (unpaired) electrons. The summed E-state index contributed by atoms with van der Waals surface area (Å²) in [5.74, 6) is -0.178. The summed E-state index contributed by atoms with van der Waals surface area (Å²) in [5, 5.41) is 0. The lowest BCUT2D eigenvalue weighted by atomic mass is 10.0. The topological polar surface area (TPSA) is 61.5 Å². The van der Waals surface area contributed by atoms with Crippen LogP contribution in [0.25, 0.3) is 0 Å². The lowest BCUT2D eigenvalue weighted by molar-refractivity contribution is -0.151. The first-order valence-corrected chi connectivity index (χ1v) is 3.79. The summed E-state index contributed by atoms with van der Waals surface area (Å²) in [4.78, 5) is 11.0. The predicted octanol–water partition coefficient (Wildman–Crippen LogP) is -0.128. The van der Waals surface area contributed by atoms with Crippen LogP contribution in [-0.4, -0.2) is 25.9 Å². The van der Waals surface area contributed by atoms with Crippen molar-refractivity contribution in [2.45, 2.75) is 12.8 Å². The Balaban J connectivity index is 2.27. The van der Waals surface area contributed by atoms with Gasteiger partial charge in [0.15, 0.2) is 0 Å². The van der Waals surface area contributed by atoms with Crippen LogP contribution in [0.15, 0.2) is 0 Å². The van der Waals surface area contributed by atoms with Gasteiger partial charge >= 0.3 is 5.97 Å². The van der Waals surface area contributed by atoms with E-state index >= 15 is 0 Å². The predicted molar refractivity (Wildman–Crippen MR) is 38.7 cm³/mol. The van der Waals surface area contributed by atoms with Crippen LogP contribution >= 0.6 is 0 Å². The highest BCUT2D eigenvalue weighted by atomic mass is 16.5. The maximum absolute atomic E-state index is 11.0. The molecule has 0 spiro atoms. The van der Waals surface area contributed by atoms with Crippen molar-refractivity contribution in [3.8, 4) is 0 Å². The Hall–Kier alpha value is -0.610. The number of ether oxygens (including phenoxy) is 2. The van der Waals surface area contributed by atoms with E-state index in [1.807, 2.05) is 0 Å². The number of hydrogen-bond donors (Lipinski definition) is 1. The number of hydrogen-bond acceptors (Lipinski definition) is 4. The van der Waals surface area contributed by atoms with E-state index in [-0.39, 0.29) is 18.6 Å². The van der Waals surface area contributed by atoms with E-state index in [0.29, 0.717) is 13.2 Å². The number of carbonyl (C=O) groups is 1. The van der Waals surface area contributed by atoms with Crippen molar-refractivity contribution in [2.24, 2.45) is 11.7 Å². The van der Waals surface area contributed by atoms with Crippen molar-refractivity contribution in [3.05, 3.63) is 0 Å². The van der Waals surface area contributed by atoms with Crippen LogP contribution in [0.1, 0.15) is 12.8 Å². The molecule has 0 saturated carbocycles. The SMILES string of the molecule is NCOC(=O)C1CCOCC1. The van der Waals surface area contributed by atoms with Gasteiger partial charge in [0.25, 0.3) is 0 Å². The molecule has 1 aliphatic rings. The summed E-state index contributed by atoms with van der Waals surface area (Å²) in [6, 6.07) is 0. The molecule has 0 aromatic heterocycles. The second-order valence-corrected chi connectivity index (χ2v) is 2.52. The molecule has 0 aromatic carbocycles. The van der Waals surface area contributed by atoms with Crippen LogP contribution < -0.4 is 5.73 Å².